The molecule has 0 amide bonds. The molecule has 1 rings (SSSR count). The molecule has 0 saturated heterocycles. The molecule has 0 aliphatic carbocycles. The van der Waals surface area contributed by atoms with Gasteiger partial charge in [-0.05, 0) is 28.7 Å². The summed E-state index contributed by atoms with van der Waals surface area (Å²) in [5.74, 6) is -0.753. The first-order chi connectivity index (χ1) is 7.37. The fourth-order valence-electron chi connectivity index (χ4n) is 0.969. The first-order valence-electron chi connectivity index (χ1n) is 3.98. The summed E-state index contributed by atoms with van der Waals surface area (Å²) in [6.45, 7) is -1.58. The Morgan fingerprint density at radius 2 is 2.00 bits per heavy atom. The van der Waals surface area contributed by atoms with E-state index in [0.29, 0.717) is 0 Å². The second-order valence-corrected chi connectivity index (χ2v) is 3.76. The van der Waals surface area contributed by atoms with Gasteiger partial charge in [-0.25, -0.2) is 9.37 Å². The monoisotopic (exact) mass is 351 g/mol. The predicted octanol–water partition coefficient (Wildman–Crippen LogP) is 2.55. The highest BCUT2D eigenvalue weighted by atomic mass is 127. The van der Waals surface area contributed by atoms with Crippen LogP contribution >= 0.6 is 22.6 Å². The molecule has 0 atom stereocenters. The summed E-state index contributed by atoms with van der Waals surface area (Å²) in [4.78, 5) is 3.44. The van der Waals surface area contributed by atoms with E-state index in [-0.39, 0.29) is 14.8 Å². The molecule has 1 aromatic heterocycles. The van der Waals surface area contributed by atoms with Gasteiger partial charge in [0.1, 0.15) is 10.4 Å². The van der Waals surface area contributed by atoms with Gasteiger partial charge in [0.15, 0.2) is 0 Å². The zero-order valence-corrected chi connectivity index (χ0v) is 9.84. The van der Waals surface area contributed by atoms with Crippen molar-refractivity contribution in [2.75, 3.05) is 0 Å². The minimum Gasteiger partial charge on any atom is -0.391 e. The third-order valence-electron chi connectivity index (χ3n) is 1.61. The van der Waals surface area contributed by atoms with Crippen molar-refractivity contribution in [1.82, 2.24) is 4.98 Å². The molecule has 1 N–H and O–H groups in total. The summed E-state index contributed by atoms with van der Waals surface area (Å²) in [5, 5.41) is 8.81. The normalized spacial score (nSPS) is 11.6. The van der Waals surface area contributed by atoms with Crippen molar-refractivity contribution in [3.63, 3.8) is 0 Å². The summed E-state index contributed by atoms with van der Waals surface area (Å²) in [6, 6.07) is 1.09. The third kappa shape index (κ3) is 3.44. The van der Waals surface area contributed by atoms with Gasteiger partial charge in [0.05, 0.1) is 6.61 Å². The number of nitrogens with zero attached hydrogens (tertiary/aromatic N) is 1. The van der Waals surface area contributed by atoms with Crippen LogP contribution in [0.1, 0.15) is 11.1 Å². The van der Waals surface area contributed by atoms with Gasteiger partial charge in [-0.15, -0.1) is 13.2 Å². The molecular weight excluding hydrogens is 345 g/mol. The molecule has 0 saturated carbocycles. The molecule has 0 fully saturated rings. The fourth-order valence-corrected chi connectivity index (χ4v) is 1.49. The number of halogens is 5. The van der Waals surface area contributed by atoms with Gasteiger partial charge in [0, 0.05) is 11.1 Å². The molecule has 8 heteroatoms. The maximum absolute atomic E-state index is 12.4. The second-order valence-electron chi connectivity index (χ2n) is 2.74. The average molecular weight is 351 g/mol. The molecule has 0 spiro atoms. The first-order valence-corrected chi connectivity index (χ1v) is 5.06. The Kier molecular flexibility index (Phi) is 4.30. The highest BCUT2D eigenvalue weighted by Crippen LogP contribution is 2.27. The minimum absolute atomic E-state index is 0.0662. The minimum atomic E-state index is -4.89. The van der Waals surface area contributed by atoms with E-state index in [1.807, 2.05) is 0 Å². The van der Waals surface area contributed by atoms with Crippen molar-refractivity contribution in [3.8, 4) is 5.88 Å². The lowest BCUT2D eigenvalue weighted by Crippen LogP contribution is -2.19. The lowest BCUT2D eigenvalue weighted by atomic mass is 10.2. The SMILES string of the molecule is OCc1cc(CF)c(I)nc1OC(F)(F)F. The number of alkyl halides is 4. The number of aromatic nitrogens is 1. The number of aliphatic hydroxyl groups is 1. The van der Waals surface area contributed by atoms with Crippen LogP contribution in [0, 0.1) is 3.70 Å². The molecule has 16 heavy (non-hydrogen) atoms. The van der Waals surface area contributed by atoms with Crippen molar-refractivity contribution in [1.29, 1.82) is 0 Å². The van der Waals surface area contributed by atoms with Crippen LogP contribution in [0.5, 0.6) is 5.88 Å². The van der Waals surface area contributed by atoms with Gasteiger partial charge in [-0.2, -0.15) is 0 Å². The smallest absolute Gasteiger partial charge is 0.391 e. The van der Waals surface area contributed by atoms with Crippen molar-refractivity contribution < 1.29 is 27.4 Å². The van der Waals surface area contributed by atoms with Crippen molar-refractivity contribution in [2.45, 2.75) is 19.6 Å². The van der Waals surface area contributed by atoms with E-state index < -0.39 is 25.5 Å². The van der Waals surface area contributed by atoms with Crippen LogP contribution in [0.4, 0.5) is 17.6 Å². The van der Waals surface area contributed by atoms with Crippen molar-refractivity contribution in [2.24, 2.45) is 0 Å². The zero-order valence-electron chi connectivity index (χ0n) is 7.68. The Hall–Kier alpha value is -0.640. The van der Waals surface area contributed by atoms with Gasteiger partial charge in [0.25, 0.3) is 0 Å². The van der Waals surface area contributed by atoms with E-state index in [0.717, 1.165) is 6.07 Å². The van der Waals surface area contributed by atoms with E-state index in [1.165, 1.54) is 0 Å². The number of pyridine rings is 1. The lowest BCUT2D eigenvalue weighted by molar-refractivity contribution is -0.276. The van der Waals surface area contributed by atoms with Crippen molar-refractivity contribution >= 4 is 22.6 Å². The van der Waals surface area contributed by atoms with E-state index in [4.69, 9.17) is 5.11 Å². The summed E-state index contributed by atoms with van der Waals surface area (Å²) < 4.78 is 51.9. The number of hydrogen-bond acceptors (Lipinski definition) is 3. The number of rotatable bonds is 3. The van der Waals surface area contributed by atoms with E-state index in [1.54, 1.807) is 22.6 Å². The topological polar surface area (TPSA) is 42.4 Å². The molecule has 0 aliphatic heterocycles. The maximum atomic E-state index is 12.4. The van der Waals surface area contributed by atoms with Gasteiger partial charge in [0.2, 0.25) is 5.88 Å². The standard InChI is InChI=1S/C8H6F4INO2/c9-2-4-1-5(3-15)7(14-6(4)13)16-8(10,11)12/h1,15H,2-3H2. The second kappa shape index (κ2) is 5.13. The Balaban J connectivity index is 3.13. The highest BCUT2D eigenvalue weighted by Gasteiger charge is 2.33. The number of hydrogen-bond donors (Lipinski definition) is 1. The molecule has 1 heterocycles. The van der Waals surface area contributed by atoms with Crippen LogP contribution in [0.2, 0.25) is 0 Å². The number of ether oxygens (including phenoxy) is 1. The quantitative estimate of drug-likeness (QED) is 0.517. The van der Waals surface area contributed by atoms with Gasteiger partial charge in [-0.3, -0.25) is 0 Å². The zero-order chi connectivity index (χ0) is 12.3. The van der Waals surface area contributed by atoms with E-state index >= 15 is 0 Å². The molecular formula is C8H6F4INO2. The van der Waals surface area contributed by atoms with Gasteiger partial charge >= 0.3 is 6.36 Å². The molecule has 0 radical (unpaired) electrons. The highest BCUT2D eigenvalue weighted by molar-refractivity contribution is 14.1. The van der Waals surface area contributed by atoms with Crippen LogP contribution in [0.25, 0.3) is 0 Å². The van der Waals surface area contributed by atoms with Crippen LogP contribution in [0.3, 0.4) is 0 Å². The largest absolute Gasteiger partial charge is 0.574 e. The molecule has 0 bridgehead atoms. The predicted molar refractivity (Wildman–Crippen MR) is 54.4 cm³/mol. The van der Waals surface area contributed by atoms with Crippen LogP contribution < -0.4 is 4.74 Å². The van der Waals surface area contributed by atoms with Gasteiger partial charge < -0.3 is 9.84 Å². The molecule has 90 valence electrons. The Labute approximate surface area is 102 Å². The first kappa shape index (κ1) is 13.4. The Morgan fingerprint density at radius 1 is 1.38 bits per heavy atom. The van der Waals surface area contributed by atoms with Crippen LogP contribution in [-0.2, 0) is 13.3 Å². The molecule has 3 nitrogen and oxygen atoms in total. The summed E-state index contributed by atoms with van der Waals surface area (Å²) in [7, 11) is 0. The third-order valence-corrected chi connectivity index (χ3v) is 2.55. The number of aliphatic hydroxyl groups excluding tert-OH is 1. The summed E-state index contributed by atoms with van der Waals surface area (Å²) in [5.41, 5.74) is -0.0930. The lowest BCUT2D eigenvalue weighted by Gasteiger charge is -2.12. The molecule has 1 aromatic rings. The Bertz CT molecular complexity index is 383. The van der Waals surface area contributed by atoms with Crippen LogP contribution in [0.15, 0.2) is 6.07 Å². The average Bonchev–Trinajstić information content (AvgIpc) is 2.16. The van der Waals surface area contributed by atoms with E-state index in [2.05, 4.69) is 9.72 Å². The Morgan fingerprint density at radius 3 is 2.44 bits per heavy atom. The summed E-state index contributed by atoms with van der Waals surface area (Å²) in [6.07, 6.45) is -4.89. The van der Waals surface area contributed by atoms with Crippen LogP contribution in [-0.4, -0.2) is 16.5 Å². The molecule has 0 unspecified atom stereocenters. The maximum Gasteiger partial charge on any atom is 0.574 e. The molecule has 0 aromatic carbocycles. The van der Waals surface area contributed by atoms with Gasteiger partial charge in [-0.1, -0.05) is 0 Å². The fraction of sp³-hybridized carbons (Fsp3) is 0.375. The molecule has 0 aliphatic rings. The van der Waals surface area contributed by atoms with Crippen molar-refractivity contribution in [3.05, 3.63) is 20.9 Å². The van der Waals surface area contributed by atoms with E-state index in [9.17, 15) is 17.6 Å². The summed E-state index contributed by atoms with van der Waals surface area (Å²) >= 11 is 1.59.